The lowest BCUT2D eigenvalue weighted by Gasteiger charge is -2.27. The number of rotatable bonds is 3. The van der Waals surface area contributed by atoms with Gasteiger partial charge in [-0.1, -0.05) is 48.5 Å². The summed E-state index contributed by atoms with van der Waals surface area (Å²) in [7, 11) is 0. The van der Waals surface area contributed by atoms with Crippen molar-refractivity contribution in [1.29, 1.82) is 0 Å². The Labute approximate surface area is 161 Å². The van der Waals surface area contributed by atoms with E-state index >= 15 is 0 Å². The van der Waals surface area contributed by atoms with E-state index in [9.17, 15) is 9.90 Å². The number of benzene rings is 3. The van der Waals surface area contributed by atoms with Crippen LogP contribution < -0.4 is 10.9 Å². The molecule has 2 heterocycles. The summed E-state index contributed by atoms with van der Waals surface area (Å²) in [6.07, 6.45) is 0.680. The Kier molecular flexibility index (Phi) is 3.95. The normalized spacial score (nSPS) is 15.4. The third-order valence-corrected chi connectivity index (χ3v) is 5.29. The standard InChI is InChI=1S/C23H19N3O2/c27-14-15-9-11-16(12-10-15)20-13-21-22-18(7-4-8-19(22)24-20)23(28)26(25-21)17-5-2-1-3-6-17/h1-12,20,24,27H,13-14H2. The Morgan fingerprint density at radius 3 is 2.54 bits per heavy atom. The maximum atomic E-state index is 13.0. The molecule has 1 aliphatic heterocycles. The van der Waals surface area contributed by atoms with Gasteiger partial charge in [-0.05, 0) is 35.4 Å². The predicted molar refractivity (Wildman–Crippen MR) is 110 cm³/mol. The number of hydrogen-bond acceptors (Lipinski definition) is 4. The smallest absolute Gasteiger partial charge is 0.279 e. The van der Waals surface area contributed by atoms with E-state index in [1.54, 1.807) is 0 Å². The second-order valence-corrected chi connectivity index (χ2v) is 7.03. The largest absolute Gasteiger partial charge is 0.392 e. The van der Waals surface area contributed by atoms with E-state index in [2.05, 4.69) is 5.32 Å². The zero-order valence-electron chi connectivity index (χ0n) is 15.2. The predicted octanol–water partition coefficient (Wildman–Crippen LogP) is 3.59. The summed E-state index contributed by atoms with van der Waals surface area (Å²) in [5.74, 6) is 0. The van der Waals surface area contributed by atoms with Crippen LogP contribution in [0.15, 0.2) is 77.6 Å². The molecule has 5 heteroatoms. The molecule has 0 bridgehead atoms. The van der Waals surface area contributed by atoms with Crippen LogP contribution >= 0.6 is 0 Å². The molecular formula is C23H19N3O2. The molecule has 138 valence electrons. The molecule has 4 aromatic rings. The van der Waals surface area contributed by atoms with Gasteiger partial charge in [-0.15, -0.1) is 0 Å². The number of aliphatic hydroxyl groups is 1. The lowest BCUT2D eigenvalue weighted by Crippen LogP contribution is -2.27. The van der Waals surface area contributed by atoms with Gasteiger partial charge >= 0.3 is 0 Å². The second-order valence-electron chi connectivity index (χ2n) is 7.03. The zero-order valence-corrected chi connectivity index (χ0v) is 15.2. The molecule has 0 radical (unpaired) electrons. The third kappa shape index (κ3) is 2.68. The topological polar surface area (TPSA) is 67.2 Å². The van der Waals surface area contributed by atoms with Crippen molar-refractivity contribution in [2.75, 3.05) is 5.32 Å². The molecule has 5 nitrogen and oxygen atoms in total. The van der Waals surface area contributed by atoms with E-state index in [0.29, 0.717) is 11.8 Å². The van der Waals surface area contributed by atoms with E-state index in [0.717, 1.165) is 33.6 Å². The quantitative estimate of drug-likeness (QED) is 0.579. The summed E-state index contributed by atoms with van der Waals surface area (Å²) in [5.41, 5.74) is 4.50. The van der Waals surface area contributed by atoms with Crippen LogP contribution in [0.5, 0.6) is 0 Å². The lowest BCUT2D eigenvalue weighted by molar-refractivity contribution is 0.282. The minimum absolute atomic E-state index is 0.0332. The fourth-order valence-electron chi connectivity index (χ4n) is 3.87. The number of nitrogens with one attached hydrogen (secondary N) is 1. The Hall–Kier alpha value is -3.44. The molecular weight excluding hydrogens is 350 g/mol. The van der Waals surface area contributed by atoms with E-state index < -0.39 is 0 Å². The first-order chi connectivity index (χ1) is 13.7. The number of hydrogen-bond donors (Lipinski definition) is 2. The molecule has 1 aromatic heterocycles. The zero-order chi connectivity index (χ0) is 19.1. The summed E-state index contributed by atoms with van der Waals surface area (Å²) >= 11 is 0. The summed E-state index contributed by atoms with van der Waals surface area (Å²) in [6.45, 7) is 0.0332. The van der Waals surface area contributed by atoms with Crippen molar-refractivity contribution in [2.45, 2.75) is 19.1 Å². The molecule has 28 heavy (non-hydrogen) atoms. The average Bonchev–Trinajstić information content (AvgIpc) is 2.76. The molecule has 0 saturated carbocycles. The maximum Gasteiger partial charge on any atom is 0.279 e. The van der Waals surface area contributed by atoms with Crippen molar-refractivity contribution in [1.82, 2.24) is 9.78 Å². The van der Waals surface area contributed by atoms with Crippen molar-refractivity contribution in [3.63, 3.8) is 0 Å². The minimum atomic E-state index is -0.112. The van der Waals surface area contributed by atoms with Gasteiger partial charge in [-0.25, -0.2) is 0 Å². The first-order valence-corrected chi connectivity index (χ1v) is 9.31. The molecule has 0 saturated heterocycles. The fourth-order valence-corrected chi connectivity index (χ4v) is 3.87. The van der Waals surface area contributed by atoms with Crippen molar-refractivity contribution in [2.24, 2.45) is 0 Å². The molecule has 1 aliphatic rings. The van der Waals surface area contributed by atoms with E-state index in [1.165, 1.54) is 4.68 Å². The Morgan fingerprint density at radius 1 is 1.00 bits per heavy atom. The highest BCUT2D eigenvalue weighted by Crippen LogP contribution is 2.35. The molecule has 0 spiro atoms. The van der Waals surface area contributed by atoms with Crippen LogP contribution in [0.25, 0.3) is 16.5 Å². The highest BCUT2D eigenvalue weighted by Gasteiger charge is 2.24. The van der Waals surface area contributed by atoms with Crippen LogP contribution in [-0.4, -0.2) is 14.9 Å². The van der Waals surface area contributed by atoms with Gasteiger partial charge < -0.3 is 10.4 Å². The number of nitrogens with zero attached hydrogens (tertiary/aromatic N) is 2. The van der Waals surface area contributed by atoms with Gasteiger partial charge in [-0.3, -0.25) is 4.79 Å². The number of aromatic nitrogens is 2. The first-order valence-electron chi connectivity index (χ1n) is 9.31. The molecule has 5 rings (SSSR count). The second kappa shape index (κ2) is 6.62. The van der Waals surface area contributed by atoms with Crippen LogP contribution in [0, 0.1) is 0 Å². The summed E-state index contributed by atoms with van der Waals surface area (Å²) < 4.78 is 1.50. The first kappa shape index (κ1) is 16.7. The summed E-state index contributed by atoms with van der Waals surface area (Å²) in [5, 5.41) is 19.1. The van der Waals surface area contributed by atoms with Crippen molar-refractivity contribution in [3.8, 4) is 5.69 Å². The number of para-hydroxylation sites is 1. The summed E-state index contributed by atoms with van der Waals surface area (Å²) in [6, 6.07) is 23.3. The maximum absolute atomic E-state index is 13.0. The fraction of sp³-hybridized carbons (Fsp3) is 0.130. The molecule has 0 fully saturated rings. The highest BCUT2D eigenvalue weighted by molar-refractivity contribution is 5.96. The lowest BCUT2D eigenvalue weighted by atomic mass is 9.93. The van der Waals surface area contributed by atoms with Gasteiger partial charge in [0.2, 0.25) is 0 Å². The van der Waals surface area contributed by atoms with Crippen LogP contribution in [-0.2, 0) is 13.0 Å². The Bertz CT molecular complexity index is 1210. The van der Waals surface area contributed by atoms with Gasteiger partial charge in [0.05, 0.1) is 29.4 Å². The SMILES string of the molecule is O=c1c2cccc3c2c(nn1-c1ccccc1)CC(c1ccc(CO)cc1)N3. The number of aliphatic hydroxyl groups excluding tert-OH is 1. The number of anilines is 1. The third-order valence-electron chi connectivity index (χ3n) is 5.29. The average molecular weight is 369 g/mol. The van der Waals surface area contributed by atoms with Crippen molar-refractivity contribution < 1.29 is 5.11 Å². The van der Waals surface area contributed by atoms with Gasteiger partial charge in [0.15, 0.2) is 0 Å². The molecule has 0 amide bonds. The van der Waals surface area contributed by atoms with Crippen molar-refractivity contribution >= 4 is 16.5 Å². The van der Waals surface area contributed by atoms with Gasteiger partial charge in [0.1, 0.15) is 0 Å². The van der Waals surface area contributed by atoms with Crippen LogP contribution in [0.1, 0.15) is 22.9 Å². The molecule has 1 unspecified atom stereocenters. The van der Waals surface area contributed by atoms with Crippen LogP contribution in [0.3, 0.4) is 0 Å². The van der Waals surface area contributed by atoms with E-state index in [1.807, 2.05) is 72.8 Å². The van der Waals surface area contributed by atoms with Crippen LogP contribution in [0.2, 0.25) is 0 Å². The van der Waals surface area contributed by atoms with E-state index in [4.69, 9.17) is 5.10 Å². The minimum Gasteiger partial charge on any atom is -0.392 e. The molecule has 2 N–H and O–H groups in total. The Morgan fingerprint density at radius 2 is 1.79 bits per heavy atom. The van der Waals surface area contributed by atoms with Crippen molar-refractivity contribution in [3.05, 3.63) is 100.0 Å². The molecule has 1 atom stereocenters. The van der Waals surface area contributed by atoms with Gasteiger partial charge in [0.25, 0.3) is 5.56 Å². The Balaban J connectivity index is 1.66. The molecule has 3 aromatic carbocycles. The monoisotopic (exact) mass is 369 g/mol. The van der Waals surface area contributed by atoms with Gasteiger partial charge in [0, 0.05) is 17.5 Å². The van der Waals surface area contributed by atoms with Gasteiger partial charge in [-0.2, -0.15) is 9.78 Å². The molecule has 0 aliphatic carbocycles. The van der Waals surface area contributed by atoms with Crippen LogP contribution in [0.4, 0.5) is 5.69 Å². The van der Waals surface area contributed by atoms with E-state index in [-0.39, 0.29) is 18.2 Å². The summed E-state index contributed by atoms with van der Waals surface area (Å²) in [4.78, 5) is 13.0. The highest BCUT2D eigenvalue weighted by atomic mass is 16.3.